The van der Waals surface area contributed by atoms with Gasteiger partial charge in [-0.15, -0.1) is 0 Å². The van der Waals surface area contributed by atoms with E-state index in [0.717, 1.165) is 42.7 Å². The summed E-state index contributed by atoms with van der Waals surface area (Å²) in [5.74, 6) is -0.861. The molecule has 46 heavy (non-hydrogen) atoms. The van der Waals surface area contributed by atoms with Crippen molar-refractivity contribution in [2.45, 2.75) is 26.6 Å². The van der Waals surface area contributed by atoms with Gasteiger partial charge in [0.25, 0.3) is 11.8 Å². The van der Waals surface area contributed by atoms with E-state index in [2.05, 4.69) is 37.7 Å². The zero-order chi connectivity index (χ0) is 32.4. The van der Waals surface area contributed by atoms with Crippen LogP contribution in [0.4, 0.5) is 35.9 Å². The molecule has 2 aliphatic heterocycles. The molecule has 2 aliphatic rings. The molecular formula is C34H34F3N7O2. The monoisotopic (exact) mass is 629 g/mol. The van der Waals surface area contributed by atoms with E-state index in [1.165, 1.54) is 12.1 Å². The van der Waals surface area contributed by atoms with E-state index in [-0.39, 0.29) is 23.6 Å². The van der Waals surface area contributed by atoms with Crippen molar-refractivity contribution in [3.05, 3.63) is 101 Å². The van der Waals surface area contributed by atoms with Gasteiger partial charge in [0.05, 0.1) is 34.5 Å². The van der Waals surface area contributed by atoms with E-state index < -0.39 is 17.6 Å². The van der Waals surface area contributed by atoms with Crippen molar-refractivity contribution in [3.63, 3.8) is 0 Å². The van der Waals surface area contributed by atoms with Gasteiger partial charge in [-0.3, -0.25) is 14.5 Å². The molecule has 2 amide bonds. The van der Waals surface area contributed by atoms with Crippen LogP contribution in [-0.4, -0.2) is 64.3 Å². The summed E-state index contributed by atoms with van der Waals surface area (Å²) in [5.41, 5.74) is 4.51. The molecule has 0 aliphatic carbocycles. The summed E-state index contributed by atoms with van der Waals surface area (Å²) in [7, 11) is 0. The van der Waals surface area contributed by atoms with Gasteiger partial charge in [0.15, 0.2) is 0 Å². The molecule has 3 aromatic carbocycles. The Balaban J connectivity index is 1.14. The molecule has 0 bridgehead atoms. The number of nitrogens with one attached hydrogen (secondary N) is 4. The molecule has 1 fully saturated rings. The maximum Gasteiger partial charge on any atom is 0.416 e. The number of aromatic nitrogens is 2. The molecule has 9 nitrogen and oxygen atoms in total. The number of rotatable bonds is 8. The number of anilines is 4. The highest BCUT2D eigenvalue weighted by Crippen LogP contribution is 2.36. The number of imidazole rings is 1. The van der Waals surface area contributed by atoms with E-state index in [4.69, 9.17) is 0 Å². The minimum absolute atomic E-state index is 0.0752. The van der Waals surface area contributed by atoms with Crippen LogP contribution in [0.2, 0.25) is 0 Å². The second-order valence-corrected chi connectivity index (χ2v) is 11.4. The van der Waals surface area contributed by atoms with Gasteiger partial charge in [-0.1, -0.05) is 25.1 Å². The molecule has 1 saturated heterocycles. The third kappa shape index (κ3) is 6.82. The Morgan fingerprint density at radius 1 is 0.978 bits per heavy atom. The summed E-state index contributed by atoms with van der Waals surface area (Å²) in [6.07, 6.45) is -1.25. The molecule has 238 valence electrons. The minimum Gasteiger partial charge on any atom is -0.355 e. The van der Waals surface area contributed by atoms with E-state index in [1.54, 1.807) is 36.7 Å². The van der Waals surface area contributed by atoms with Crippen molar-refractivity contribution in [2.24, 2.45) is 0 Å². The number of amides is 2. The first kappa shape index (κ1) is 31.1. The van der Waals surface area contributed by atoms with E-state index in [1.807, 2.05) is 30.0 Å². The Hall–Kier alpha value is -4.94. The number of H-pyrrole nitrogens is 1. The lowest BCUT2D eigenvalue weighted by Gasteiger charge is -2.34. The Bertz CT molecular complexity index is 1810. The number of hydrogen-bond donors (Lipinski definition) is 4. The van der Waals surface area contributed by atoms with Crippen molar-refractivity contribution in [1.29, 1.82) is 0 Å². The lowest BCUT2D eigenvalue weighted by Crippen LogP contribution is -2.45. The molecule has 1 aromatic heterocycles. The van der Waals surface area contributed by atoms with Gasteiger partial charge in [0.1, 0.15) is 0 Å². The second-order valence-electron chi connectivity index (χ2n) is 11.4. The number of fused-ring (bicyclic) bond motifs is 1. The largest absolute Gasteiger partial charge is 0.416 e. The summed E-state index contributed by atoms with van der Waals surface area (Å²) < 4.78 is 42.2. The third-order valence-electron chi connectivity index (χ3n) is 8.35. The zero-order valence-corrected chi connectivity index (χ0v) is 25.5. The SMILES string of the molecule is CCN1CCN(Cc2ccc(C(=O)Nc3cccc(Nc4ccc5c(c4)NC(=O)/C5=C\c4[nH]cnc4C)c3)cc2C(F)(F)F)CC1. The molecule has 0 saturated carbocycles. The number of alkyl halides is 3. The van der Waals surface area contributed by atoms with Gasteiger partial charge in [0, 0.05) is 60.9 Å². The van der Waals surface area contributed by atoms with Crippen LogP contribution in [-0.2, 0) is 17.5 Å². The number of carbonyl (C=O) groups is 2. The highest BCUT2D eigenvalue weighted by molar-refractivity contribution is 6.35. The Kier molecular flexibility index (Phi) is 8.65. The van der Waals surface area contributed by atoms with Crippen LogP contribution < -0.4 is 16.0 Å². The number of carbonyl (C=O) groups excluding carboxylic acids is 2. The molecule has 4 aromatic rings. The number of aryl methyl sites for hydroxylation is 1. The topological polar surface area (TPSA) is 105 Å². The lowest BCUT2D eigenvalue weighted by molar-refractivity contribution is -0.138. The van der Waals surface area contributed by atoms with Crippen LogP contribution in [0.1, 0.15) is 45.4 Å². The molecule has 0 unspecified atom stereocenters. The zero-order valence-electron chi connectivity index (χ0n) is 25.5. The van der Waals surface area contributed by atoms with Gasteiger partial charge in [-0.2, -0.15) is 13.2 Å². The predicted octanol–water partition coefficient (Wildman–Crippen LogP) is 6.36. The molecule has 4 N–H and O–H groups in total. The number of piperazine rings is 1. The second kappa shape index (κ2) is 12.8. The molecule has 6 rings (SSSR count). The van der Waals surface area contributed by atoms with Crippen molar-refractivity contribution in [2.75, 3.05) is 48.7 Å². The van der Waals surface area contributed by atoms with Crippen LogP contribution in [0.5, 0.6) is 0 Å². The summed E-state index contributed by atoms with van der Waals surface area (Å²) in [5, 5.41) is 8.86. The van der Waals surface area contributed by atoms with Crippen molar-refractivity contribution < 1.29 is 22.8 Å². The fourth-order valence-electron chi connectivity index (χ4n) is 5.75. The summed E-state index contributed by atoms with van der Waals surface area (Å²) in [6, 6.07) is 16.1. The number of aromatic amines is 1. The fourth-order valence-corrected chi connectivity index (χ4v) is 5.75. The molecule has 0 radical (unpaired) electrons. The van der Waals surface area contributed by atoms with Crippen LogP contribution in [0.15, 0.2) is 67.0 Å². The van der Waals surface area contributed by atoms with Crippen molar-refractivity contribution in [3.8, 4) is 0 Å². The number of halogens is 3. The van der Waals surface area contributed by atoms with Gasteiger partial charge >= 0.3 is 6.18 Å². The van der Waals surface area contributed by atoms with Crippen LogP contribution >= 0.6 is 0 Å². The molecule has 12 heteroatoms. The first-order chi connectivity index (χ1) is 22.1. The van der Waals surface area contributed by atoms with Crippen molar-refractivity contribution in [1.82, 2.24) is 19.8 Å². The van der Waals surface area contributed by atoms with E-state index >= 15 is 0 Å². The quantitative estimate of drug-likeness (QED) is 0.169. The van der Waals surface area contributed by atoms with Crippen LogP contribution in [0, 0.1) is 6.92 Å². The molecule has 0 spiro atoms. The Morgan fingerprint density at radius 3 is 2.43 bits per heavy atom. The maximum absolute atomic E-state index is 14.1. The van der Waals surface area contributed by atoms with Crippen LogP contribution in [0.25, 0.3) is 11.6 Å². The summed E-state index contributed by atoms with van der Waals surface area (Å²) in [4.78, 5) is 37.2. The predicted molar refractivity (Wildman–Crippen MR) is 173 cm³/mol. The number of hydrogen-bond acceptors (Lipinski definition) is 6. The molecular weight excluding hydrogens is 595 g/mol. The number of benzene rings is 3. The fraction of sp³-hybridized carbons (Fsp3) is 0.265. The van der Waals surface area contributed by atoms with Gasteiger partial charge in [-0.25, -0.2) is 4.98 Å². The van der Waals surface area contributed by atoms with E-state index in [0.29, 0.717) is 41.4 Å². The smallest absolute Gasteiger partial charge is 0.355 e. The third-order valence-corrected chi connectivity index (χ3v) is 8.35. The maximum atomic E-state index is 14.1. The highest BCUT2D eigenvalue weighted by Gasteiger charge is 2.35. The Morgan fingerprint density at radius 2 is 1.72 bits per heavy atom. The normalized spacial score (nSPS) is 16.4. The number of likely N-dealkylation sites (N-methyl/N-ethyl adjacent to an activating group) is 1. The Labute approximate surface area is 264 Å². The first-order valence-electron chi connectivity index (χ1n) is 15.1. The minimum atomic E-state index is -4.59. The standard InChI is InChI=1S/C34H34F3N7O2/c1-3-43-11-13-44(14-12-43)19-23-8-7-22(15-29(23)34(35,36)37)32(45)41-25-6-4-5-24(16-25)40-26-9-10-27-28(33(46)42-31(27)17-26)18-30-21(2)38-20-39-30/h4-10,15-18,20,40H,3,11-14,19H2,1-2H3,(H,38,39)(H,41,45)(H,42,46)/b28-18-. The van der Waals surface area contributed by atoms with E-state index in [9.17, 15) is 22.8 Å². The average Bonchev–Trinajstić information content (AvgIpc) is 3.58. The first-order valence-corrected chi connectivity index (χ1v) is 15.1. The summed E-state index contributed by atoms with van der Waals surface area (Å²) >= 11 is 0. The van der Waals surface area contributed by atoms with Crippen LogP contribution in [0.3, 0.4) is 0 Å². The average molecular weight is 630 g/mol. The van der Waals surface area contributed by atoms with Crippen molar-refractivity contribution >= 4 is 46.2 Å². The van der Waals surface area contributed by atoms with Gasteiger partial charge in [0.2, 0.25) is 0 Å². The van der Waals surface area contributed by atoms with Gasteiger partial charge in [-0.05, 0) is 67.6 Å². The lowest BCUT2D eigenvalue weighted by atomic mass is 10.0. The number of nitrogens with zero attached hydrogens (tertiary/aromatic N) is 3. The molecule has 0 atom stereocenters. The molecule has 3 heterocycles. The highest BCUT2D eigenvalue weighted by atomic mass is 19.4. The van der Waals surface area contributed by atoms with Gasteiger partial charge < -0.3 is 25.8 Å². The summed E-state index contributed by atoms with van der Waals surface area (Å²) in [6.45, 7) is 8.05.